The van der Waals surface area contributed by atoms with Crippen molar-refractivity contribution in [1.82, 2.24) is 9.80 Å². The highest BCUT2D eigenvalue weighted by atomic mass is 127. The Hall–Kier alpha value is 0.220. The maximum absolute atomic E-state index is 13.7. The van der Waals surface area contributed by atoms with E-state index in [1.54, 1.807) is 0 Å². The molecular weight excluding hydrogens is 1010 g/mol. The van der Waals surface area contributed by atoms with Gasteiger partial charge in [-0.25, -0.2) is 0 Å². The first-order valence-electron chi connectivity index (χ1n) is 15.1. The molecule has 6 nitrogen and oxygen atoms in total. The fourth-order valence-corrected chi connectivity index (χ4v) is 11.5. The van der Waals surface area contributed by atoms with Crippen molar-refractivity contribution in [3.05, 3.63) is 50.7 Å². The molecule has 4 unspecified atom stereocenters. The van der Waals surface area contributed by atoms with Crippen molar-refractivity contribution in [3.8, 4) is 11.5 Å². The third-order valence-electron chi connectivity index (χ3n) is 10.4. The quantitative estimate of drug-likeness (QED) is 0.157. The molecule has 4 rings (SSSR count). The van der Waals surface area contributed by atoms with Crippen LogP contribution in [0.15, 0.2) is 36.4 Å². The van der Waals surface area contributed by atoms with E-state index in [4.69, 9.17) is 9.47 Å². The molecule has 2 aliphatic rings. The Kier molecular flexibility index (Phi) is 11.8. The molecule has 2 aromatic rings. The predicted molar refractivity (Wildman–Crippen MR) is 210 cm³/mol. The van der Waals surface area contributed by atoms with Gasteiger partial charge in [-0.15, -0.1) is 0 Å². The normalized spacial score (nSPS) is 28.8. The zero-order chi connectivity index (χ0) is 32.8. The Morgan fingerprint density at radius 2 is 1.09 bits per heavy atom. The van der Waals surface area contributed by atoms with E-state index in [1.165, 1.54) is 0 Å². The standard InChI is InChI=1S/C34H44I4N2O4/c1-31(2)17-21(29(41)43-25-11-9-23(35)10-12-25)19-33(5,39(31)7)13-14-34(6)20-22(18-32(3,4)40(34)8)30(42)44-28-26(37)15-24(36)16-27(28)38/h9-12,15-16,21-22H,13-14,17-20H2,1-8H3. The first kappa shape index (κ1) is 37.0. The Morgan fingerprint density at radius 1 is 0.682 bits per heavy atom. The van der Waals surface area contributed by atoms with Crippen molar-refractivity contribution in [3.63, 3.8) is 0 Å². The summed E-state index contributed by atoms with van der Waals surface area (Å²) in [5.74, 6) is 0.567. The predicted octanol–water partition coefficient (Wildman–Crippen LogP) is 9.15. The van der Waals surface area contributed by atoms with Crippen molar-refractivity contribution in [2.45, 2.75) is 102 Å². The highest BCUT2D eigenvalue weighted by Crippen LogP contribution is 2.48. The monoisotopic (exact) mass is 1050 g/mol. The Balaban J connectivity index is 1.52. The van der Waals surface area contributed by atoms with Crippen LogP contribution in [-0.4, -0.2) is 58.0 Å². The van der Waals surface area contributed by atoms with E-state index in [2.05, 4.69) is 156 Å². The molecule has 0 saturated carbocycles. The summed E-state index contributed by atoms with van der Waals surface area (Å²) in [5.41, 5.74) is -0.788. The molecule has 242 valence electrons. The Labute approximate surface area is 318 Å². The van der Waals surface area contributed by atoms with Gasteiger partial charge in [0.1, 0.15) is 5.75 Å². The van der Waals surface area contributed by atoms with Gasteiger partial charge in [0.2, 0.25) is 0 Å². The van der Waals surface area contributed by atoms with Gasteiger partial charge in [0.25, 0.3) is 0 Å². The van der Waals surface area contributed by atoms with Crippen molar-refractivity contribution < 1.29 is 19.1 Å². The number of carbonyl (C=O) groups is 2. The molecule has 0 radical (unpaired) electrons. The summed E-state index contributed by atoms with van der Waals surface area (Å²) in [5, 5.41) is 0. The number of rotatable bonds is 7. The zero-order valence-electron chi connectivity index (χ0n) is 26.9. The van der Waals surface area contributed by atoms with Crippen LogP contribution in [0.25, 0.3) is 0 Å². The van der Waals surface area contributed by atoms with Crippen molar-refractivity contribution in [1.29, 1.82) is 0 Å². The van der Waals surface area contributed by atoms with Crippen LogP contribution in [0.2, 0.25) is 0 Å². The molecule has 0 aromatic heterocycles. The maximum atomic E-state index is 13.7. The Bertz CT molecular complexity index is 1380. The van der Waals surface area contributed by atoms with Crippen LogP contribution in [0, 0.1) is 26.1 Å². The van der Waals surface area contributed by atoms with Crippen LogP contribution >= 0.6 is 90.4 Å². The summed E-state index contributed by atoms with van der Waals surface area (Å²) >= 11 is 9.06. The second-order valence-electron chi connectivity index (χ2n) is 14.4. The van der Waals surface area contributed by atoms with Crippen molar-refractivity contribution in [2.75, 3.05) is 14.1 Å². The molecule has 4 atom stereocenters. The molecule has 0 N–H and O–H groups in total. The molecule has 2 heterocycles. The lowest BCUT2D eigenvalue weighted by atomic mass is 9.67. The fourth-order valence-electron chi connectivity index (χ4n) is 7.35. The lowest BCUT2D eigenvalue weighted by molar-refractivity contribution is -0.150. The summed E-state index contributed by atoms with van der Waals surface area (Å²) in [7, 11) is 4.40. The number of halogens is 4. The molecular formula is C34H44I4N2O4. The number of ether oxygens (including phenoxy) is 2. The molecule has 0 amide bonds. The number of hydrogen-bond acceptors (Lipinski definition) is 6. The minimum atomic E-state index is -0.222. The molecule has 0 bridgehead atoms. The summed E-state index contributed by atoms with van der Waals surface area (Å²) in [6.07, 6.45) is 4.73. The maximum Gasteiger partial charge on any atom is 0.314 e. The van der Waals surface area contributed by atoms with Crippen molar-refractivity contribution >= 4 is 102 Å². The summed E-state index contributed by atoms with van der Waals surface area (Å²) in [6, 6.07) is 11.7. The molecule has 2 fully saturated rings. The average Bonchev–Trinajstić information content (AvgIpc) is 2.92. The summed E-state index contributed by atoms with van der Waals surface area (Å²) in [6.45, 7) is 13.5. The van der Waals surface area contributed by atoms with E-state index in [0.717, 1.165) is 52.8 Å². The first-order chi connectivity index (χ1) is 20.3. The van der Waals surface area contributed by atoms with Gasteiger partial charge >= 0.3 is 11.9 Å². The van der Waals surface area contributed by atoms with Gasteiger partial charge in [0.15, 0.2) is 5.75 Å². The molecule has 0 aliphatic carbocycles. The van der Waals surface area contributed by atoms with E-state index < -0.39 is 0 Å². The zero-order valence-corrected chi connectivity index (χ0v) is 35.5. The van der Waals surface area contributed by atoms with Gasteiger partial charge in [0.05, 0.1) is 19.0 Å². The smallest absolute Gasteiger partial charge is 0.314 e. The van der Waals surface area contributed by atoms with Crippen LogP contribution in [0.1, 0.15) is 80.1 Å². The van der Waals surface area contributed by atoms with Gasteiger partial charge in [-0.2, -0.15) is 0 Å². The average molecular weight is 1050 g/mol. The number of hydrogen-bond donors (Lipinski definition) is 0. The second kappa shape index (κ2) is 14.0. The minimum absolute atomic E-state index is 0.144. The Morgan fingerprint density at radius 3 is 1.52 bits per heavy atom. The lowest BCUT2D eigenvalue weighted by Crippen LogP contribution is -2.64. The first-order valence-corrected chi connectivity index (χ1v) is 19.4. The van der Waals surface area contributed by atoms with E-state index in [0.29, 0.717) is 11.5 Å². The third-order valence-corrected chi connectivity index (χ3v) is 13.3. The van der Waals surface area contributed by atoms with Gasteiger partial charge in [0, 0.05) is 29.3 Å². The molecule has 2 aliphatic heterocycles. The number of piperidine rings is 2. The SMILES string of the molecule is CN1C(C)(C)CC(C(=O)Oc2ccc(I)cc2)CC1(C)CCC1(C)CC(C(=O)Oc2c(I)cc(I)cc2I)CC(C)(C)N1C. The van der Waals surface area contributed by atoms with Crippen LogP contribution in [0.5, 0.6) is 11.5 Å². The minimum Gasteiger partial charge on any atom is -0.426 e. The summed E-state index contributed by atoms with van der Waals surface area (Å²) in [4.78, 5) is 32.1. The van der Waals surface area contributed by atoms with Crippen LogP contribution in [0.4, 0.5) is 0 Å². The number of carbonyl (C=O) groups excluding carboxylic acids is 2. The molecule has 2 aromatic carbocycles. The number of nitrogens with zero attached hydrogens (tertiary/aromatic N) is 2. The van der Waals surface area contributed by atoms with Crippen LogP contribution in [-0.2, 0) is 9.59 Å². The summed E-state index contributed by atoms with van der Waals surface area (Å²) < 4.78 is 16.1. The van der Waals surface area contributed by atoms with Crippen molar-refractivity contribution in [2.24, 2.45) is 11.8 Å². The topological polar surface area (TPSA) is 59.1 Å². The van der Waals surface area contributed by atoms with E-state index in [9.17, 15) is 9.59 Å². The van der Waals surface area contributed by atoms with Gasteiger partial charge in [-0.3, -0.25) is 19.4 Å². The van der Waals surface area contributed by atoms with Gasteiger partial charge < -0.3 is 9.47 Å². The van der Waals surface area contributed by atoms with E-state index in [-0.39, 0.29) is 45.9 Å². The van der Waals surface area contributed by atoms with Crippen LogP contribution < -0.4 is 9.47 Å². The second-order valence-corrected chi connectivity index (χ2v) is 19.3. The molecule has 10 heteroatoms. The van der Waals surface area contributed by atoms with Gasteiger partial charge in [-0.05, 0) is 221 Å². The third kappa shape index (κ3) is 8.25. The van der Waals surface area contributed by atoms with E-state index >= 15 is 0 Å². The fraction of sp³-hybridized carbons (Fsp3) is 0.588. The lowest BCUT2D eigenvalue weighted by Gasteiger charge is -2.58. The number of likely N-dealkylation sites (tertiary alicyclic amines) is 2. The van der Waals surface area contributed by atoms with Crippen LogP contribution in [0.3, 0.4) is 0 Å². The molecule has 2 saturated heterocycles. The molecule has 44 heavy (non-hydrogen) atoms. The van der Waals surface area contributed by atoms with Gasteiger partial charge in [-0.1, -0.05) is 0 Å². The highest BCUT2D eigenvalue weighted by Gasteiger charge is 2.52. The molecule has 0 spiro atoms. The number of esters is 2. The highest BCUT2D eigenvalue weighted by molar-refractivity contribution is 14.1. The number of benzene rings is 2. The largest absolute Gasteiger partial charge is 0.426 e. The van der Waals surface area contributed by atoms with E-state index in [1.807, 2.05) is 36.4 Å².